The molecule has 2 N–H and O–H groups in total. The largest absolute Gasteiger partial charge is 0.355 e. The van der Waals surface area contributed by atoms with Gasteiger partial charge in [-0.3, -0.25) is 0 Å². The highest BCUT2D eigenvalue weighted by Gasteiger charge is 2.06. The molecule has 2 nitrogen and oxygen atoms in total. The number of fused-ring (bicyclic) bond motifs is 2. The average molecular weight is 465 g/mol. The maximum Gasteiger partial charge on any atom is 0.0464 e. The van der Waals surface area contributed by atoms with Gasteiger partial charge in [0.15, 0.2) is 0 Å². The number of anilines is 4. The van der Waals surface area contributed by atoms with E-state index in [9.17, 15) is 0 Å². The molecule has 0 aliphatic heterocycles. The average Bonchev–Trinajstić information content (AvgIpc) is 2.93. The highest BCUT2D eigenvalue weighted by molar-refractivity contribution is 5.98. The van der Waals surface area contributed by atoms with Crippen LogP contribution in [0.1, 0.15) is 11.1 Å². The summed E-state index contributed by atoms with van der Waals surface area (Å²) in [5.74, 6) is 0. The second kappa shape index (κ2) is 9.24. The fourth-order valence-corrected chi connectivity index (χ4v) is 4.92. The third-order valence-corrected chi connectivity index (χ3v) is 6.95. The topological polar surface area (TPSA) is 24.1 Å². The Morgan fingerprint density at radius 2 is 0.722 bits per heavy atom. The van der Waals surface area contributed by atoms with Gasteiger partial charge in [-0.15, -0.1) is 0 Å². The van der Waals surface area contributed by atoms with Crippen molar-refractivity contribution in [3.8, 4) is 11.1 Å². The molecule has 0 saturated carbocycles. The summed E-state index contributed by atoms with van der Waals surface area (Å²) >= 11 is 0. The van der Waals surface area contributed by atoms with Crippen LogP contribution in [0.25, 0.3) is 32.7 Å². The maximum absolute atomic E-state index is 3.60. The molecule has 0 aliphatic carbocycles. The number of hydrogen-bond acceptors (Lipinski definition) is 2. The number of hydrogen-bond donors (Lipinski definition) is 2. The Morgan fingerprint density at radius 1 is 0.361 bits per heavy atom. The van der Waals surface area contributed by atoms with Gasteiger partial charge in [-0.1, -0.05) is 84.9 Å². The van der Waals surface area contributed by atoms with Gasteiger partial charge in [0.1, 0.15) is 0 Å². The second-order valence-corrected chi connectivity index (χ2v) is 9.36. The van der Waals surface area contributed by atoms with Gasteiger partial charge in [-0.05, 0) is 83.3 Å². The highest BCUT2D eigenvalue weighted by atomic mass is 14.9. The van der Waals surface area contributed by atoms with Crippen LogP contribution in [0.15, 0.2) is 121 Å². The summed E-state index contributed by atoms with van der Waals surface area (Å²) < 4.78 is 0. The molecular weight excluding hydrogens is 436 g/mol. The van der Waals surface area contributed by atoms with Crippen molar-refractivity contribution in [1.29, 1.82) is 0 Å². The fraction of sp³-hybridized carbons (Fsp3) is 0.0588. The van der Waals surface area contributed by atoms with E-state index in [2.05, 4.69) is 146 Å². The van der Waals surface area contributed by atoms with Gasteiger partial charge in [-0.25, -0.2) is 0 Å². The summed E-state index contributed by atoms with van der Waals surface area (Å²) in [5, 5.41) is 12.2. The van der Waals surface area contributed by atoms with E-state index < -0.39 is 0 Å². The van der Waals surface area contributed by atoms with Crippen molar-refractivity contribution in [3.63, 3.8) is 0 Å². The normalized spacial score (nSPS) is 11.1. The quantitative estimate of drug-likeness (QED) is 0.265. The number of benzene rings is 6. The summed E-state index contributed by atoms with van der Waals surface area (Å²) in [4.78, 5) is 0. The lowest BCUT2D eigenvalue weighted by atomic mass is 10.0. The molecule has 0 aliphatic rings. The smallest absolute Gasteiger partial charge is 0.0464 e. The first-order valence-corrected chi connectivity index (χ1v) is 12.4. The predicted molar refractivity (Wildman–Crippen MR) is 156 cm³/mol. The van der Waals surface area contributed by atoms with E-state index >= 15 is 0 Å². The fourth-order valence-electron chi connectivity index (χ4n) is 4.92. The molecule has 0 aromatic heterocycles. The predicted octanol–water partition coefficient (Wildman–Crippen LogP) is 9.76. The van der Waals surface area contributed by atoms with Crippen molar-refractivity contribution < 1.29 is 0 Å². The van der Waals surface area contributed by atoms with Crippen LogP contribution in [0.2, 0.25) is 0 Å². The Hall–Kier alpha value is -4.56. The lowest BCUT2D eigenvalue weighted by Gasteiger charge is -2.13. The first-order chi connectivity index (χ1) is 17.7. The third kappa shape index (κ3) is 4.18. The Labute approximate surface area is 212 Å². The van der Waals surface area contributed by atoms with Gasteiger partial charge in [0.2, 0.25) is 0 Å². The van der Waals surface area contributed by atoms with Crippen LogP contribution in [-0.4, -0.2) is 0 Å². The molecule has 174 valence electrons. The minimum absolute atomic E-state index is 1.08. The molecule has 0 unspecified atom stereocenters. The first-order valence-electron chi connectivity index (χ1n) is 12.4. The van der Waals surface area contributed by atoms with E-state index in [1.165, 1.54) is 43.8 Å². The zero-order chi connectivity index (χ0) is 24.5. The number of aryl methyl sites for hydroxylation is 2. The van der Waals surface area contributed by atoms with Crippen molar-refractivity contribution in [1.82, 2.24) is 0 Å². The van der Waals surface area contributed by atoms with E-state index in [4.69, 9.17) is 0 Å². The van der Waals surface area contributed by atoms with Crippen molar-refractivity contribution in [2.45, 2.75) is 13.8 Å². The van der Waals surface area contributed by atoms with E-state index in [1.54, 1.807) is 0 Å². The van der Waals surface area contributed by atoms with Crippen molar-refractivity contribution in [2.24, 2.45) is 0 Å². The molecule has 36 heavy (non-hydrogen) atoms. The standard InChI is InChI=1S/C34H28N2/c1-23-11-21-33(31-9-5-3-7-29(23)31)35-27-17-13-25(14-18-27)26-15-19-28(20-16-26)36-34-22-12-24(2)30-8-4-6-10-32(30)34/h3-22,35-36H,1-2H3. The number of nitrogens with one attached hydrogen (secondary N) is 2. The summed E-state index contributed by atoms with van der Waals surface area (Å²) in [7, 11) is 0. The molecule has 0 atom stereocenters. The molecule has 2 heteroatoms. The van der Waals surface area contributed by atoms with Gasteiger partial charge in [-0.2, -0.15) is 0 Å². The zero-order valence-corrected chi connectivity index (χ0v) is 20.5. The SMILES string of the molecule is Cc1ccc(Nc2ccc(-c3ccc(Nc4ccc(C)c5ccccc45)cc3)cc2)c2ccccc12. The van der Waals surface area contributed by atoms with Gasteiger partial charge in [0, 0.05) is 33.5 Å². The summed E-state index contributed by atoms with van der Waals surface area (Å²) in [5.41, 5.74) is 9.39. The van der Waals surface area contributed by atoms with Gasteiger partial charge in [0.05, 0.1) is 0 Å². The van der Waals surface area contributed by atoms with Crippen molar-refractivity contribution in [3.05, 3.63) is 132 Å². The molecule has 0 saturated heterocycles. The van der Waals surface area contributed by atoms with E-state index in [1.807, 2.05) is 0 Å². The molecule has 0 heterocycles. The minimum Gasteiger partial charge on any atom is -0.355 e. The Bertz CT molecular complexity index is 1550. The van der Waals surface area contributed by atoms with Gasteiger partial charge >= 0.3 is 0 Å². The van der Waals surface area contributed by atoms with E-state index in [0.29, 0.717) is 0 Å². The van der Waals surface area contributed by atoms with Crippen LogP contribution in [0.4, 0.5) is 22.7 Å². The molecule has 0 amide bonds. The number of rotatable bonds is 5. The third-order valence-electron chi connectivity index (χ3n) is 6.95. The Balaban J connectivity index is 1.20. The molecule has 6 rings (SSSR count). The van der Waals surface area contributed by atoms with Crippen LogP contribution < -0.4 is 10.6 Å². The Kier molecular flexibility index (Phi) is 5.63. The minimum atomic E-state index is 1.08. The summed E-state index contributed by atoms with van der Waals surface area (Å²) in [6.45, 7) is 4.31. The monoisotopic (exact) mass is 464 g/mol. The molecule has 0 fully saturated rings. The lowest BCUT2D eigenvalue weighted by Crippen LogP contribution is -1.93. The van der Waals surface area contributed by atoms with Gasteiger partial charge in [0.25, 0.3) is 0 Å². The van der Waals surface area contributed by atoms with Crippen molar-refractivity contribution >= 4 is 44.3 Å². The van der Waals surface area contributed by atoms with Gasteiger partial charge < -0.3 is 10.6 Å². The van der Waals surface area contributed by atoms with Crippen molar-refractivity contribution in [2.75, 3.05) is 10.6 Å². The zero-order valence-electron chi connectivity index (χ0n) is 20.5. The Morgan fingerprint density at radius 3 is 1.11 bits per heavy atom. The molecule has 6 aromatic carbocycles. The lowest BCUT2D eigenvalue weighted by molar-refractivity contribution is 1.50. The highest BCUT2D eigenvalue weighted by Crippen LogP contribution is 2.32. The van der Waals surface area contributed by atoms with Crippen LogP contribution in [0.3, 0.4) is 0 Å². The molecule has 6 aromatic rings. The molecule has 0 bridgehead atoms. The molecule has 0 radical (unpaired) electrons. The molecule has 0 spiro atoms. The van der Waals surface area contributed by atoms with Crippen LogP contribution in [-0.2, 0) is 0 Å². The first kappa shape index (κ1) is 21.9. The van der Waals surface area contributed by atoms with Crippen LogP contribution in [0, 0.1) is 13.8 Å². The summed E-state index contributed by atoms with van der Waals surface area (Å²) in [6, 6.07) is 43.0. The van der Waals surface area contributed by atoms with E-state index in [-0.39, 0.29) is 0 Å². The second-order valence-electron chi connectivity index (χ2n) is 9.36. The van der Waals surface area contributed by atoms with E-state index in [0.717, 1.165) is 22.7 Å². The van der Waals surface area contributed by atoms with Crippen LogP contribution in [0.5, 0.6) is 0 Å². The molecular formula is C34H28N2. The van der Waals surface area contributed by atoms with Crippen LogP contribution >= 0.6 is 0 Å². The maximum atomic E-state index is 3.60. The summed E-state index contributed by atoms with van der Waals surface area (Å²) in [6.07, 6.45) is 0.